The molecule has 1 atom stereocenters. The van der Waals surface area contributed by atoms with Gasteiger partial charge in [-0.2, -0.15) is 0 Å². The van der Waals surface area contributed by atoms with Crippen molar-refractivity contribution in [2.75, 3.05) is 13.7 Å². The van der Waals surface area contributed by atoms with Crippen LogP contribution in [0.3, 0.4) is 0 Å². The van der Waals surface area contributed by atoms with Gasteiger partial charge in [0.25, 0.3) is 0 Å². The second-order valence-corrected chi connectivity index (χ2v) is 4.43. The number of carbonyl (C=O) groups is 1. The van der Waals surface area contributed by atoms with E-state index < -0.39 is 0 Å². The molecular weight excluding hydrogens is 228 g/mol. The van der Waals surface area contributed by atoms with Gasteiger partial charge in [-0.25, -0.2) is 4.99 Å². The monoisotopic (exact) mass is 246 g/mol. The summed E-state index contributed by atoms with van der Waals surface area (Å²) >= 11 is 0. The third-order valence-corrected chi connectivity index (χ3v) is 3.22. The van der Waals surface area contributed by atoms with Crippen LogP contribution in [0.15, 0.2) is 33.3 Å². The number of rotatable bonds is 3. The molecule has 0 saturated carbocycles. The molecule has 4 heteroatoms. The normalized spacial score (nSPS) is 23.0. The molecule has 96 valence electrons. The Hall–Kier alpha value is -1.71. The van der Waals surface area contributed by atoms with Crippen molar-refractivity contribution in [3.05, 3.63) is 23.3 Å². The lowest BCUT2D eigenvalue weighted by Gasteiger charge is -2.16. The zero-order valence-corrected chi connectivity index (χ0v) is 10.8. The van der Waals surface area contributed by atoms with Crippen LogP contribution in [-0.4, -0.2) is 31.7 Å². The molecule has 1 aliphatic heterocycles. The number of hydrogen-bond donors (Lipinski definition) is 0. The van der Waals surface area contributed by atoms with Gasteiger partial charge in [0.2, 0.25) is 0 Å². The lowest BCUT2D eigenvalue weighted by Crippen LogP contribution is -2.25. The average molecular weight is 246 g/mol. The van der Waals surface area contributed by atoms with Crippen molar-refractivity contribution in [2.24, 2.45) is 15.9 Å². The highest BCUT2D eigenvalue weighted by Crippen LogP contribution is 2.22. The summed E-state index contributed by atoms with van der Waals surface area (Å²) in [5, 5.41) is 0. The number of hydrogen-bond acceptors (Lipinski definition) is 4. The predicted molar refractivity (Wildman–Crippen MR) is 72.0 cm³/mol. The maximum absolute atomic E-state index is 11.3. The van der Waals surface area contributed by atoms with E-state index >= 15 is 0 Å². The molecule has 4 nitrogen and oxygen atoms in total. The lowest BCUT2D eigenvalue weighted by atomic mass is 9.96. The van der Waals surface area contributed by atoms with Gasteiger partial charge in [-0.15, -0.1) is 0 Å². The van der Waals surface area contributed by atoms with Crippen molar-refractivity contribution >= 4 is 18.0 Å². The van der Waals surface area contributed by atoms with Gasteiger partial charge >= 0.3 is 5.97 Å². The Morgan fingerprint density at radius 1 is 1.56 bits per heavy atom. The van der Waals surface area contributed by atoms with E-state index in [4.69, 9.17) is 0 Å². The minimum absolute atomic E-state index is 0.274. The van der Waals surface area contributed by atoms with Gasteiger partial charge in [-0.3, -0.25) is 9.79 Å². The summed E-state index contributed by atoms with van der Waals surface area (Å²) < 4.78 is 4.68. The van der Waals surface area contributed by atoms with Crippen LogP contribution < -0.4 is 0 Å². The topological polar surface area (TPSA) is 51.0 Å². The standard InChI is InChI=1S/C14H18N2O2/c1-3-10-5-4-6-11(7-10)13-15-8-12(9-16-13)14(17)18-2/h6-8,12H,3-5,9H2,1-2H3. The summed E-state index contributed by atoms with van der Waals surface area (Å²) in [7, 11) is 1.38. The molecule has 2 rings (SSSR count). The van der Waals surface area contributed by atoms with Crippen molar-refractivity contribution in [3.8, 4) is 0 Å². The fourth-order valence-electron chi connectivity index (χ4n) is 2.08. The molecule has 0 fully saturated rings. The first-order chi connectivity index (χ1) is 8.74. The minimum Gasteiger partial charge on any atom is -0.468 e. The summed E-state index contributed by atoms with van der Waals surface area (Å²) in [4.78, 5) is 20.0. The number of aliphatic imine (C=N–C) groups is 2. The van der Waals surface area contributed by atoms with Crippen LogP contribution in [0.4, 0.5) is 0 Å². The number of methoxy groups -OCH3 is 1. The molecule has 0 radical (unpaired) electrons. The van der Waals surface area contributed by atoms with Crippen LogP contribution >= 0.6 is 0 Å². The quantitative estimate of drug-likeness (QED) is 0.717. The Kier molecular flexibility index (Phi) is 4.07. The number of allylic oxidation sites excluding steroid dienone is 2. The Bertz CT molecular complexity index is 458. The summed E-state index contributed by atoms with van der Waals surface area (Å²) in [6, 6.07) is 0. The zero-order chi connectivity index (χ0) is 13.0. The maximum atomic E-state index is 11.3. The van der Waals surface area contributed by atoms with Gasteiger partial charge in [-0.05, 0) is 19.3 Å². The Morgan fingerprint density at radius 2 is 2.39 bits per heavy atom. The second-order valence-electron chi connectivity index (χ2n) is 4.43. The van der Waals surface area contributed by atoms with Crippen LogP contribution in [0.5, 0.6) is 0 Å². The molecule has 0 bridgehead atoms. The molecular formula is C14H18N2O2. The molecule has 0 aromatic carbocycles. The average Bonchev–Trinajstić information content (AvgIpc) is 2.46. The third-order valence-electron chi connectivity index (χ3n) is 3.22. The molecule has 0 spiro atoms. The van der Waals surface area contributed by atoms with E-state index in [0.29, 0.717) is 6.54 Å². The number of ether oxygens (including phenoxy) is 1. The maximum Gasteiger partial charge on any atom is 0.316 e. The first-order valence-electron chi connectivity index (χ1n) is 6.31. The van der Waals surface area contributed by atoms with Crippen molar-refractivity contribution in [2.45, 2.75) is 26.2 Å². The van der Waals surface area contributed by atoms with E-state index in [1.807, 2.05) is 0 Å². The summed E-state index contributed by atoms with van der Waals surface area (Å²) in [5.74, 6) is 0.127. The smallest absolute Gasteiger partial charge is 0.316 e. The van der Waals surface area contributed by atoms with Crippen molar-refractivity contribution in [1.29, 1.82) is 0 Å². The molecule has 0 saturated heterocycles. The third kappa shape index (κ3) is 2.75. The van der Waals surface area contributed by atoms with E-state index in [1.54, 1.807) is 6.21 Å². The number of esters is 1. The van der Waals surface area contributed by atoms with E-state index in [9.17, 15) is 4.79 Å². The molecule has 1 heterocycles. The Morgan fingerprint density at radius 3 is 3.00 bits per heavy atom. The SMILES string of the molecule is CCC1=CC(C2=NCC(C(=O)OC)C=N2)=CCC1. The lowest BCUT2D eigenvalue weighted by molar-refractivity contribution is -0.142. The van der Waals surface area contributed by atoms with Crippen LogP contribution in [0, 0.1) is 5.92 Å². The first kappa shape index (κ1) is 12.7. The highest BCUT2D eigenvalue weighted by atomic mass is 16.5. The molecule has 0 aromatic rings. The summed E-state index contributed by atoms with van der Waals surface area (Å²) in [5.41, 5.74) is 2.51. The molecule has 18 heavy (non-hydrogen) atoms. The van der Waals surface area contributed by atoms with Crippen molar-refractivity contribution in [3.63, 3.8) is 0 Å². The fourth-order valence-corrected chi connectivity index (χ4v) is 2.08. The number of carbonyl (C=O) groups excluding carboxylic acids is 1. The Balaban J connectivity index is 2.07. The van der Waals surface area contributed by atoms with Crippen LogP contribution in [0.1, 0.15) is 26.2 Å². The van der Waals surface area contributed by atoms with E-state index in [0.717, 1.165) is 30.7 Å². The van der Waals surface area contributed by atoms with Crippen molar-refractivity contribution in [1.82, 2.24) is 0 Å². The van der Waals surface area contributed by atoms with Crippen LogP contribution in [-0.2, 0) is 9.53 Å². The van der Waals surface area contributed by atoms with Gasteiger partial charge in [0, 0.05) is 11.8 Å². The molecule has 1 aliphatic carbocycles. The highest BCUT2D eigenvalue weighted by molar-refractivity contribution is 6.08. The number of nitrogens with zero attached hydrogens (tertiary/aromatic N) is 2. The van der Waals surface area contributed by atoms with Crippen LogP contribution in [0.25, 0.3) is 0 Å². The number of amidine groups is 1. The molecule has 1 unspecified atom stereocenters. The summed E-state index contributed by atoms with van der Waals surface area (Å²) in [6.45, 7) is 2.59. The minimum atomic E-state index is -0.336. The molecule has 0 aromatic heterocycles. The van der Waals surface area contributed by atoms with Gasteiger partial charge < -0.3 is 4.74 Å². The van der Waals surface area contributed by atoms with E-state index in [2.05, 4.69) is 33.8 Å². The van der Waals surface area contributed by atoms with Crippen molar-refractivity contribution < 1.29 is 9.53 Å². The van der Waals surface area contributed by atoms with Gasteiger partial charge in [0.15, 0.2) is 5.84 Å². The second kappa shape index (κ2) is 5.76. The van der Waals surface area contributed by atoms with Gasteiger partial charge in [0.05, 0.1) is 13.7 Å². The highest BCUT2D eigenvalue weighted by Gasteiger charge is 2.21. The zero-order valence-electron chi connectivity index (χ0n) is 10.8. The molecule has 2 aliphatic rings. The first-order valence-corrected chi connectivity index (χ1v) is 6.31. The predicted octanol–water partition coefficient (Wildman–Crippen LogP) is 2.32. The molecule has 0 amide bonds. The fraction of sp³-hybridized carbons (Fsp3) is 0.500. The van der Waals surface area contributed by atoms with E-state index in [1.165, 1.54) is 12.7 Å². The summed E-state index contributed by atoms with van der Waals surface area (Å²) in [6.07, 6.45) is 9.21. The Labute approximate surface area is 107 Å². The van der Waals surface area contributed by atoms with E-state index in [-0.39, 0.29) is 11.9 Å². The van der Waals surface area contributed by atoms with Gasteiger partial charge in [0.1, 0.15) is 5.92 Å². The molecule has 0 N–H and O–H groups in total. The van der Waals surface area contributed by atoms with Gasteiger partial charge in [-0.1, -0.05) is 24.6 Å². The largest absolute Gasteiger partial charge is 0.468 e. The van der Waals surface area contributed by atoms with Crippen LogP contribution in [0.2, 0.25) is 0 Å².